The number of carbonyl (C=O) groups is 2. The van der Waals surface area contributed by atoms with E-state index in [1.807, 2.05) is 6.07 Å². The molecule has 1 aromatic carbocycles. The standard InChI is InChI=1S/C15H15ClO4/c1-9(17)15(3-5-20-14(15)18)8-11-7-12(16)6-10-2-4-19-13(10)11/h6-7H,2-5,8H2,1H3. The molecule has 2 aliphatic heterocycles. The number of esters is 1. The summed E-state index contributed by atoms with van der Waals surface area (Å²) in [6.45, 7) is 2.35. The molecule has 4 nitrogen and oxygen atoms in total. The Bertz CT molecular complexity index is 596. The molecule has 5 heteroatoms. The molecule has 1 atom stereocenters. The van der Waals surface area contributed by atoms with Crippen LogP contribution in [-0.4, -0.2) is 25.0 Å². The van der Waals surface area contributed by atoms with Crippen LogP contribution in [0.1, 0.15) is 24.5 Å². The lowest BCUT2D eigenvalue weighted by Gasteiger charge is -2.22. The Hall–Kier alpha value is -1.55. The maximum Gasteiger partial charge on any atom is 0.320 e. The average molecular weight is 295 g/mol. The van der Waals surface area contributed by atoms with Crippen LogP contribution in [-0.2, 0) is 27.2 Å². The summed E-state index contributed by atoms with van der Waals surface area (Å²) < 4.78 is 10.7. The number of ether oxygens (including phenoxy) is 2. The van der Waals surface area contributed by atoms with E-state index in [1.54, 1.807) is 6.07 Å². The Morgan fingerprint density at radius 1 is 1.35 bits per heavy atom. The fraction of sp³-hybridized carbons (Fsp3) is 0.467. The molecule has 0 spiro atoms. The van der Waals surface area contributed by atoms with Crippen LogP contribution in [0.4, 0.5) is 0 Å². The molecule has 0 N–H and O–H groups in total. The number of Topliss-reactive ketones (excluding diaryl/α,β-unsaturated/α-hetero) is 1. The van der Waals surface area contributed by atoms with Crippen LogP contribution < -0.4 is 4.74 Å². The van der Waals surface area contributed by atoms with Gasteiger partial charge in [-0.25, -0.2) is 0 Å². The molecule has 106 valence electrons. The summed E-state index contributed by atoms with van der Waals surface area (Å²) in [6, 6.07) is 3.66. The van der Waals surface area contributed by atoms with Crippen molar-refractivity contribution in [1.82, 2.24) is 0 Å². The van der Waals surface area contributed by atoms with Gasteiger partial charge in [0.05, 0.1) is 13.2 Å². The van der Waals surface area contributed by atoms with Crippen molar-refractivity contribution in [3.63, 3.8) is 0 Å². The number of hydrogen-bond acceptors (Lipinski definition) is 4. The summed E-state index contributed by atoms with van der Waals surface area (Å²) in [6.07, 6.45) is 1.52. The molecule has 20 heavy (non-hydrogen) atoms. The lowest BCUT2D eigenvalue weighted by molar-refractivity contribution is -0.150. The summed E-state index contributed by atoms with van der Waals surface area (Å²) in [4.78, 5) is 24.0. The average Bonchev–Trinajstić information content (AvgIpc) is 2.97. The zero-order valence-electron chi connectivity index (χ0n) is 11.2. The van der Waals surface area contributed by atoms with E-state index in [9.17, 15) is 9.59 Å². The van der Waals surface area contributed by atoms with Crippen LogP contribution in [0.15, 0.2) is 12.1 Å². The first-order chi connectivity index (χ1) is 9.53. The van der Waals surface area contributed by atoms with Gasteiger partial charge >= 0.3 is 5.97 Å². The molecule has 0 amide bonds. The molecular formula is C15H15ClO4. The minimum absolute atomic E-state index is 0.160. The van der Waals surface area contributed by atoms with Gasteiger partial charge in [-0.15, -0.1) is 0 Å². The van der Waals surface area contributed by atoms with Crippen LogP contribution >= 0.6 is 11.6 Å². The Morgan fingerprint density at radius 3 is 2.80 bits per heavy atom. The van der Waals surface area contributed by atoms with E-state index in [-0.39, 0.29) is 5.78 Å². The largest absolute Gasteiger partial charge is 0.493 e. The minimum Gasteiger partial charge on any atom is -0.493 e. The van der Waals surface area contributed by atoms with Crippen LogP contribution in [0.5, 0.6) is 5.75 Å². The van der Waals surface area contributed by atoms with E-state index < -0.39 is 11.4 Å². The van der Waals surface area contributed by atoms with Gasteiger partial charge in [0, 0.05) is 17.9 Å². The zero-order valence-corrected chi connectivity index (χ0v) is 12.0. The maximum absolute atomic E-state index is 12.0. The van der Waals surface area contributed by atoms with Crippen LogP contribution in [0.2, 0.25) is 5.02 Å². The molecule has 2 aliphatic rings. The SMILES string of the molecule is CC(=O)C1(Cc2cc(Cl)cc3c2OCC3)CCOC1=O. The summed E-state index contributed by atoms with van der Waals surface area (Å²) in [5, 5.41) is 0.606. The van der Waals surface area contributed by atoms with Crippen molar-refractivity contribution in [3.8, 4) is 5.75 Å². The van der Waals surface area contributed by atoms with Crippen molar-refractivity contribution in [2.75, 3.05) is 13.2 Å². The van der Waals surface area contributed by atoms with Gasteiger partial charge in [-0.2, -0.15) is 0 Å². The summed E-state index contributed by atoms with van der Waals surface area (Å²) in [7, 11) is 0. The zero-order chi connectivity index (χ0) is 14.3. The lowest BCUT2D eigenvalue weighted by Crippen LogP contribution is -2.36. The van der Waals surface area contributed by atoms with Crippen molar-refractivity contribution in [3.05, 3.63) is 28.3 Å². The second-order valence-corrected chi connectivity index (χ2v) is 5.79. The van der Waals surface area contributed by atoms with Gasteiger partial charge < -0.3 is 9.47 Å². The predicted molar refractivity (Wildman–Crippen MR) is 73.0 cm³/mol. The number of ketones is 1. The van der Waals surface area contributed by atoms with Gasteiger partial charge in [0.2, 0.25) is 0 Å². The van der Waals surface area contributed by atoms with Crippen molar-refractivity contribution in [2.24, 2.45) is 5.41 Å². The molecule has 1 aromatic rings. The first-order valence-corrected chi connectivity index (χ1v) is 7.03. The molecule has 0 aliphatic carbocycles. The number of cyclic esters (lactones) is 1. The molecule has 3 rings (SSSR count). The van der Waals surface area contributed by atoms with E-state index in [4.69, 9.17) is 21.1 Å². The van der Waals surface area contributed by atoms with E-state index in [2.05, 4.69) is 0 Å². The van der Waals surface area contributed by atoms with Crippen molar-refractivity contribution in [1.29, 1.82) is 0 Å². The second-order valence-electron chi connectivity index (χ2n) is 5.35. The minimum atomic E-state index is -1.08. The maximum atomic E-state index is 12.0. The number of carbonyl (C=O) groups excluding carboxylic acids is 2. The number of halogens is 1. The number of fused-ring (bicyclic) bond motifs is 1. The summed E-state index contributed by atoms with van der Waals surface area (Å²) in [5.74, 6) is 0.179. The Balaban J connectivity index is 2.02. The van der Waals surface area contributed by atoms with Crippen LogP contribution in [0, 0.1) is 5.41 Å². The highest BCUT2D eigenvalue weighted by molar-refractivity contribution is 6.30. The van der Waals surface area contributed by atoms with Gasteiger partial charge in [-0.05, 0) is 36.6 Å². The van der Waals surface area contributed by atoms with Gasteiger partial charge in [0.1, 0.15) is 16.9 Å². The normalized spacial score (nSPS) is 24.2. The first-order valence-electron chi connectivity index (χ1n) is 6.65. The molecule has 0 bridgehead atoms. The first kappa shape index (κ1) is 13.4. The summed E-state index contributed by atoms with van der Waals surface area (Å²) in [5.41, 5.74) is 0.779. The Morgan fingerprint density at radius 2 is 2.15 bits per heavy atom. The highest BCUT2D eigenvalue weighted by Gasteiger charge is 2.49. The molecule has 0 radical (unpaired) electrons. The molecule has 0 aromatic heterocycles. The number of hydrogen-bond donors (Lipinski definition) is 0. The van der Waals surface area contributed by atoms with E-state index in [0.29, 0.717) is 31.1 Å². The van der Waals surface area contributed by atoms with Crippen molar-refractivity contribution >= 4 is 23.4 Å². The third kappa shape index (κ3) is 1.99. The van der Waals surface area contributed by atoms with Gasteiger partial charge in [-0.1, -0.05) is 11.6 Å². The summed E-state index contributed by atoms with van der Waals surface area (Å²) >= 11 is 6.12. The van der Waals surface area contributed by atoms with Crippen molar-refractivity contribution < 1.29 is 19.1 Å². The van der Waals surface area contributed by atoms with Gasteiger partial charge in [0.25, 0.3) is 0 Å². The number of benzene rings is 1. The van der Waals surface area contributed by atoms with E-state index >= 15 is 0 Å². The third-order valence-electron chi connectivity index (χ3n) is 4.14. The Labute approximate surface area is 122 Å². The van der Waals surface area contributed by atoms with Crippen LogP contribution in [0.25, 0.3) is 0 Å². The molecule has 1 fully saturated rings. The smallest absolute Gasteiger partial charge is 0.320 e. The van der Waals surface area contributed by atoms with E-state index in [1.165, 1.54) is 6.92 Å². The molecule has 1 saturated heterocycles. The lowest BCUT2D eigenvalue weighted by atomic mass is 9.76. The van der Waals surface area contributed by atoms with Crippen molar-refractivity contribution in [2.45, 2.75) is 26.2 Å². The highest BCUT2D eigenvalue weighted by atomic mass is 35.5. The quantitative estimate of drug-likeness (QED) is 0.634. The number of rotatable bonds is 3. The van der Waals surface area contributed by atoms with Crippen LogP contribution in [0.3, 0.4) is 0 Å². The topological polar surface area (TPSA) is 52.6 Å². The molecule has 2 heterocycles. The van der Waals surface area contributed by atoms with Gasteiger partial charge in [0.15, 0.2) is 0 Å². The molecule has 0 saturated carbocycles. The fourth-order valence-corrected chi connectivity index (χ4v) is 3.23. The van der Waals surface area contributed by atoms with Gasteiger partial charge in [-0.3, -0.25) is 9.59 Å². The fourth-order valence-electron chi connectivity index (χ4n) is 2.97. The third-order valence-corrected chi connectivity index (χ3v) is 4.36. The highest BCUT2D eigenvalue weighted by Crippen LogP contribution is 2.41. The Kier molecular flexibility index (Phi) is 3.21. The van der Waals surface area contributed by atoms with E-state index in [0.717, 1.165) is 23.3 Å². The second kappa shape index (κ2) is 4.77. The predicted octanol–water partition coefficient (Wildman–Crippen LogP) is 2.34. The monoisotopic (exact) mass is 294 g/mol. The molecule has 1 unspecified atom stereocenters. The molecular weight excluding hydrogens is 280 g/mol.